The summed E-state index contributed by atoms with van der Waals surface area (Å²) in [5, 5.41) is 5.63. The molecule has 0 radical (unpaired) electrons. The van der Waals surface area contributed by atoms with Crippen molar-refractivity contribution in [3.05, 3.63) is 83.9 Å². The van der Waals surface area contributed by atoms with Gasteiger partial charge in [0.25, 0.3) is 5.91 Å². The van der Waals surface area contributed by atoms with E-state index in [4.69, 9.17) is 10.5 Å². The number of anilines is 3. The van der Waals surface area contributed by atoms with Crippen LogP contribution >= 0.6 is 0 Å². The monoisotopic (exact) mass is 503 g/mol. The van der Waals surface area contributed by atoms with Crippen LogP contribution in [0.2, 0.25) is 0 Å². The van der Waals surface area contributed by atoms with Crippen molar-refractivity contribution in [3.8, 4) is 5.75 Å². The molecule has 3 aromatic carbocycles. The fraction of sp³-hybridized carbons (Fsp3) is 0.310. The second-order valence-corrected chi connectivity index (χ2v) is 8.77. The van der Waals surface area contributed by atoms with Crippen LogP contribution in [-0.2, 0) is 6.54 Å². The molecule has 4 N–H and O–H groups in total. The normalized spacial score (nSPS) is 10.7. The maximum Gasteiger partial charge on any atom is 0.323 e. The van der Waals surface area contributed by atoms with Gasteiger partial charge in [0.15, 0.2) is 0 Å². The zero-order valence-electron chi connectivity index (χ0n) is 21.9. The summed E-state index contributed by atoms with van der Waals surface area (Å²) in [7, 11) is 2.03. The maximum atomic E-state index is 12.6. The van der Waals surface area contributed by atoms with Crippen molar-refractivity contribution in [3.63, 3.8) is 0 Å². The maximum absolute atomic E-state index is 12.6. The van der Waals surface area contributed by atoms with E-state index in [0.29, 0.717) is 23.7 Å². The molecule has 0 spiro atoms. The highest BCUT2D eigenvalue weighted by Gasteiger charge is 2.13. The molecule has 0 saturated carbocycles. The molecular weight excluding hydrogens is 466 g/mol. The molecule has 3 amide bonds. The van der Waals surface area contributed by atoms with E-state index in [2.05, 4.69) is 46.4 Å². The lowest BCUT2D eigenvalue weighted by atomic mass is 10.1. The lowest BCUT2D eigenvalue weighted by Gasteiger charge is -2.20. The molecule has 0 aromatic heterocycles. The van der Waals surface area contributed by atoms with Gasteiger partial charge in [-0.15, -0.1) is 0 Å². The van der Waals surface area contributed by atoms with Gasteiger partial charge in [0.1, 0.15) is 5.75 Å². The van der Waals surface area contributed by atoms with Gasteiger partial charge in [0, 0.05) is 43.3 Å². The van der Waals surface area contributed by atoms with Gasteiger partial charge in [-0.1, -0.05) is 44.2 Å². The van der Waals surface area contributed by atoms with Crippen molar-refractivity contribution in [1.29, 1.82) is 0 Å². The molecular formula is C29H37N5O3. The van der Waals surface area contributed by atoms with Crippen LogP contribution in [0.5, 0.6) is 5.75 Å². The number of amides is 3. The molecule has 0 fully saturated rings. The summed E-state index contributed by atoms with van der Waals surface area (Å²) in [4.78, 5) is 28.9. The molecule has 8 heteroatoms. The summed E-state index contributed by atoms with van der Waals surface area (Å²) in [5.41, 5.74) is 9.22. The van der Waals surface area contributed by atoms with Crippen LogP contribution in [0.3, 0.4) is 0 Å². The van der Waals surface area contributed by atoms with E-state index >= 15 is 0 Å². The van der Waals surface area contributed by atoms with Gasteiger partial charge in [0.2, 0.25) is 0 Å². The molecule has 0 aliphatic carbocycles. The van der Waals surface area contributed by atoms with Gasteiger partial charge in [-0.2, -0.15) is 0 Å². The molecule has 0 heterocycles. The predicted molar refractivity (Wildman–Crippen MR) is 150 cm³/mol. The molecule has 8 nitrogen and oxygen atoms in total. The van der Waals surface area contributed by atoms with Crippen molar-refractivity contribution in [2.24, 2.45) is 5.73 Å². The zero-order valence-corrected chi connectivity index (χ0v) is 21.9. The summed E-state index contributed by atoms with van der Waals surface area (Å²) in [6, 6.07) is 22.3. The fourth-order valence-corrected chi connectivity index (χ4v) is 3.97. The van der Waals surface area contributed by atoms with Crippen LogP contribution in [0.15, 0.2) is 72.8 Å². The molecule has 196 valence electrons. The number of nitrogens with two attached hydrogens (primary N) is 1. The number of nitrogens with zero attached hydrogens (tertiary/aromatic N) is 2. The van der Waals surface area contributed by atoms with Gasteiger partial charge >= 0.3 is 6.03 Å². The number of hydrogen-bond donors (Lipinski definition) is 3. The molecule has 0 aliphatic heterocycles. The summed E-state index contributed by atoms with van der Waals surface area (Å²) in [6.07, 6.45) is 0.814. The fourth-order valence-electron chi connectivity index (χ4n) is 3.97. The number of primary amides is 1. The van der Waals surface area contributed by atoms with E-state index in [1.807, 2.05) is 49.5 Å². The van der Waals surface area contributed by atoms with Crippen LogP contribution in [0.1, 0.15) is 36.2 Å². The highest BCUT2D eigenvalue weighted by molar-refractivity contribution is 6.01. The number of nitrogens with one attached hydrogen (secondary N) is 2. The van der Waals surface area contributed by atoms with Crippen LogP contribution in [-0.4, -0.2) is 50.1 Å². The third-order valence-corrected chi connectivity index (χ3v) is 6.10. The molecule has 0 saturated heterocycles. The Morgan fingerprint density at radius 2 is 1.54 bits per heavy atom. The van der Waals surface area contributed by atoms with Crippen molar-refractivity contribution >= 4 is 29.0 Å². The average Bonchev–Trinajstić information content (AvgIpc) is 2.89. The van der Waals surface area contributed by atoms with Gasteiger partial charge in [-0.05, 0) is 61.5 Å². The number of hydrogen-bond acceptors (Lipinski definition) is 5. The largest absolute Gasteiger partial charge is 0.493 e. The SMILES string of the molecule is CCN(CC)CCCOc1cc(NC(=O)Nc2ccc(N(C)Cc3ccccc3)cc2)ccc1C(N)=O. The summed E-state index contributed by atoms with van der Waals surface area (Å²) in [5.74, 6) is -0.220. The van der Waals surface area contributed by atoms with Crippen molar-refractivity contribution < 1.29 is 14.3 Å². The Morgan fingerprint density at radius 1 is 0.892 bits per heavy atom. The Morgan fingerprint density at radius 3 is 2.19 bits per heavy atom. The third kappa shape index (κ3) is 8.54. The van der Waals surface area contributed by atoms with E-state index in [1.165, 1.54) is 5.56 Å². The van der Waals surface area contributed by atoms with E-state index in [0.717, 1.165) is 38.3 Å². The Kier molecular flexibility index (Phi) is 10.3. The molecule has 0 unspecified atom stereocenters. The van der Waals surface area contributed by atoms with E-state index < -0.39 is 11.9 Å². The minimum Gasteiger partial charge on any atom is -0.493 e. The second kappa shape index (κ2) is 13.9. The highest BCUT2D eigenvalue weighted by Crippen LogP contribution is 2.24. The first-order valence-electron chi connectivity index (χ1n) is 12.6. The first-order chi connectivity index (χ1) is 17.9. The lowest BCUT2D eigenvalue weighted by molar-refractivity contribution is 0.0996. The first-order valence-corrected chi connectivity index (χ1v) is 12.6. The van der Waals surface area contributed by atoms with Crippen molar-refractivity contribution in [2.75, 3.05) is 48.8 Å². The third-order valence-electron chi connectivity index (χ3n) is 6.10. The van der Waals surface area contributed by atoms with Gasteiger partial charge < -0.3 is 30.9 Å². The second-order valence-electron chi connectivity index (χ2n) is 8.77. The number of urea groups is 1. The number of ether oxygens (including phenoxy) is 1. The molecule has 0 aliphatic rings. The average molecular weight is 504 g/mol. The van der Waals surface area contributed by atoms with Crippen LogP contribution in [0.25, 0.3) is 0 Å². The molecule has 37 heavy (non-hydrogen) atoms. The minimum atomic E-state index is -0.577. The van der Waals surface area contributed by atoms with E-state index in [1.54, 1.807) is 18.2 Å². The minimum absolute atomic E-state index is 0.281. The Labute approximate surface area is 219 Å². The first kappa shape index (κ1) is 27.5. The van der Waals surface area contributed by atoms with Gasteiger partial charge in [0.05, 0.1) is 12.2 Å². The number of carbonyl (C=O) groups is 2. The Hall–Kier alpha value is -4.04. The zero-order chi connectivity index (χ0) is 26.6. The van der Waals surface area contributed by atoms with E-state index in [-0.39, 0.29) is 5.56 Å². The standard InChI is InChI=1S/C29H37N5O3/c1-4-34(5-2)18-9-19-37-27-20-24(14-17-26(27)28(30)35)32-29(36)31-23-12-15-25(16-13-23)33(3)21-22-10-7-6-8-11-22/h6-8,10-17,20H,4-5,9,18-19,21H2,1-3H3,(H2,30,35)(H2,31,32,36). The highest BCUT2D eigenvalue weighted by atomic mass is 16.5. The predicted octanol–water partition coefficient (Wildman–Crippen LogP) is 5.18. The molecule has 0 atom stereocenters. The van der Waals surface area contributed by atoms with Crippen LogP contribution in [0, 0.1) is 0 Å². The lowest BCUT2D eigenvalue weighted by Crippen LogP contribution is -2.25. The quantitative estimate of drug-likeness (QED) is 0.279. The van der Waals surface area contributed by atoms with Crippen molar-refractivity contribution in [2.45, 2.75) is 26.8 Å². The molecule has 3 aromatic rings. The number of rotatable bonds is 13. The Balaban J connectivity index is 1.56. The Bertz CT molecular complexity index is 1150. The van der Waals surface area contributed by atoms with Gasteiger partial charge in [-0.3, -0.25) is 4.79 Å². The number of carbonyl (C=O) groups excluding carboxylic acids is 2. The number of benzene rings is 3. The topological polar surface area (TPSA) is 99.9 Å². The van der Waals surface area contributed by atoms with E-state index in [9.17, 15) is 9.59 Å². The molecule has 0 bridgehead atoms. The van der Waals surface area contributed by atoms with Crippen molar-refractivity contribution in [1.82, 2.24) is 4.90 Å². The van der Waals surface area contributed by atoms with Crippen LogP contribution in [0.4, 0.5) is 21.9 Å². The van der Waals surface area contributed by atoms with Crippen LogP contribution < -0.4 is 26.0 Å². The molecule has 3 rings (SSSR count). The smallest absolute Gasteiger partial charge is 0.323 e. The summed E-state index contributed by atoms with van der Waals surface area (Å²) in [6.45, 7) is 8.32. The summed E-state index contributed by atoms with van der Waals surface area (Å²) < 4.78 is 5.85. The van der Waals surface area contributed by atoms with Gasteiger partial charge in [-0.25, -0.2) is 4.79 Å². The summed E-state index contributed by atoms with van der Waals surface area (Å²) >= 11 is 0.